The lowest BCUT2D eigenvalue weighted by molar-refractivity contribution is 0.0675. The summed E-state index contributed by atoms with van der Waals surface area (Å²) in [4.78, 5) is 8.83. The number of rotatable bonds is 8. The van der Waals surface area contributed by atoms with Gasteiger partial charge in [0, 0.05) is 51.2 Å². The van der Waals surface area contributed by atoms with Crippen LogP contribution >= 0.6 is 0 Å². The van der Waals surface area contributed by atoms with Gasteiger partial charge in [-0.1, -0.05) is 0 Å². The Balaban J connectivity index is 1.50. The minimum Gasteiger partial charge on any atom is -0.467 e. The van der Waals surface area contributed by atoms with E-state index in [2.05, 4.69) is 36.5 Å². The number of ether oxygens (including phenoxy) is 1. The molecule has 0 bridgehead atoms. The largest absolute Gasteiger partial charge is 0.467 e. The Bertz CT molecular complexity index is 896. The number of nitrogens with zero attached hydrogens (tertiary/aromatic N) is 6. The Morgan fingerprint density at radius 1 is 1.20 bits per heavy atom. The molecule has 0 radical (unpaired) electrons. The van der Waals surface area contributed by atoms with E-state index in [1.54, 1.807) is 12.5 Å². The van der Waals surface area contributed by atoms with Gasteiger partial charge in [-0.3, -0.25) is 9.55 Å². The van der Waals surface area contributed by atoms with Crippen LogP contribution in [0.2, 0.25) is 0 Å². The number of anilines is 1. The van der Waals surface area contributed by atoms with E-state index in [-0.39, 0.29) is 0 Å². The van der Waals surface area contributed by atoms with Crippen LogP contribution in [-0.4, -0.2) is 64.0 Å². The summed E-state index contributed by atoms with van der Waals surface area (Å²) in [5, 5.41) is 9.00. The van der Waals surface area contributed by atoms with Gasteiger partial charge in [-0.25, -0.2) is 0 Å². The SMILES string of the molecule is CC1CN(CCCn2c(-c3cccnc3)nnc2N(C)Cc2ccco2)CCCO1. The molecular formula is C22H30N6O2. The topological polar surface area (TPSA) is 72.5 Å². The van der Waals surface area contributed by atoms with Crippen molar-refractivity contribution in [1.82, 2.24) is 24.6 Å². The quantitative estimate of drug-likeness (QED) is 0.565. The number of hydrogen-bond acceptors (Lipinski definition) is 7. The summed E-state index contributed by atoms with van der Waals surface area (Å²) in [5.74, 6) is 2.57. The molecule has 0 saturated carbocycles. The molecule has 3 aromatic heterocycles. The van der Waals surface area contributed by atoms with Crippen molar-refractivity contribution < 1.29 is 9.15 Å². The number of aromatic nitrogens is 4. The van der Waals surface area contributed by atoms with Gasteiger partial charge in [-0.15, -0.1) is 10.2 Å². The van der Waals surface area contributed by atoms with Crippen molar-refractivity contribution in [3.05, 3.63) is 48.7 Å². The van der Waals surface area contributed by atoms with E-state index >= 15 is 0 Å². The van der Waals surface area contributed by atoms with Gasteiger partial charge in [0.2, 0.25) is 5.95 Å². The van der Waals surface area contributed by atoms with Crippen molar-refractivity contribution in [2.75, 3.05) is 38.2 Å². The average molecular weight is 411 g/mol. The molecule has 0 aliphatic carbocycles. The second-order valence-electron chi connectivity index (χ2n) is 7.84. The summed E-state index contributed by atoms with van der Waals surface area (Å²) < 4.78 is 13.5. The van der Waals surface area contributed by atoms with Crippen molar-refractivity contribution in [3.8, 4) is 11.4 Å². The van der Waals surface area contributed by atoms with Crippen LogP contribution in [-0.2, 0) is 17.8 Å². The molecule has 1 fully saturated rings. The van der Waals surface area contributed by atoms with E-state index in [4.69, 9.17) is 9.15 Å². The summed E-state index contributed by atoms with van der Waals surface area (Å²) in [5.41, 5.74) is 0.972. The molecule has 1 unspecified atom stereocenters. The average Bonchev–Trinajstić information content (AvgIpc) is 3.36. The van der Waals surface area contributed by atoms with Gasteiger partial charge in [-0.05, 0) is 50.6 Å². The smallest absolute Gasteiger partial charge is 0.227 e. The third kappa shape index (κ3) is 5.06. The zero-order valence-electron chi connectivity index (χ0n) is 17.8. The number of pyridine rings is 1. The number of furan rings is 1. The summed E-state index contributed by atoms with van der Waals surface area (Å²) in [6.45, 7) is 7.59. The standard InChI is InChI=1S/C22H30N6O2/c1-18-16-27(11-6-14-29-18)10-5-12-28-21(19-7-3-9-23-15-19)24-25-22(28)26(2)17-20-8-4-13-30-20/h3-4,7-9,13,15,18H,5-6,10-12,14,16-17H2,1-2H3. The highest BCUT2D eigenvalue weighted by Gasteiger charge is 2.19. The monoisotopic (exact) mass is 410 g/mol. The first kappa shape index (κ1) is 20.6. The molecule has 0 spiro atoms. The van der Waals surface area contributed by atoms with Crippen molar-refractivity contribution in [2.45, 2.75) is 39.0 Å². The van der Waals surface area contributed by atoms with Gasteiger partial charge in [0.05, 0.1) is 18.9 Å². The third-order valence-electron chi connectivity index (χ3n) is 5.36. The molecule has 1 aliphatic heterocycles. The molecule has 8 heteroatoms. The predicted octanol–water partition coefficient (Wildman–Crippen LogP) is 3.07. The molecule has 4 heterocycles. The molecule has 0 amide bonds. The molecule has 4 rings (SSSR count). The first-order valence-corrected chi connectivity index (χ1v) is 10.6. The van der Waals surface area contributed by atoms with Crippen molar-refractivity contribution >= 4 is 5.95 Å². The van der Waals surface area contributed by atoms with Gasteiger partial charge in [0.15, 0.2) is 5.82 Å². The molecule has 8 nitrogen and oxygen atoms in total. The zero-order valence-corrected chi connectivity index (χ0v) is 17.8. The zero-order chi connectivity index (χ0) is 20.8. The highest BCUT2D eigenvalue weighted by Crippen LogP contribution is 2.23. The van der Waals surface area contributed by atoms with Gasteiger partial charge >= 0.3 is 0 Å². The molecule has 1 atom stereocenters. The predicted molar refractivity (Wildman–Crippen MR) is 115 cm³/mol. The fourth-order valence-electron chi connectivity index (χ4n) is 3.93. The second-order valence-corrected chi connectivity index (χ2v) is 7.84. The molecule has 0 aromatic carbocycles. The van der Waals surface area contributed by atoms with Crippen LogP contribution < -0.4 is 4.90 Å². The third-order valence-corrected chi connectivity index (χ3v) is 5.36. The summed E-state index contributed by atoms with van der Waals surface area (Å²) in [6, 6.07) is 7.83. The summed E-state index contributed by atoms with van der Waals surface area (Å²) in [7, 11) is 2.02. The van der Waals surface area contributed by atoms with Crippen molar-refractivity contribution in [3.63, 3.8) is 0 Å². The van der Waals surface area contributed by atoms with Gasteiger partial charge < -0.3 is 19.0 Å². The molecule has 0 N–H and O–H groups in total. The Kier molecular flexibility index (Phi) is 6.76. The van der Waals surface area contributed by atoms with E-state index in [9.17, 15) is 0 Å². The van der Waals surface area contributed by atoms with E-state index in [0.29, 0.717) is 12.6 Å². The van der Waals surface area contributed by atoms with Crippen LogP contribution in [0.3, 0.4) is 0 Å². The first-order valence-electron chi connectivity index (χ1n) is 10.6. The molecule has 1 saturated heterocycles. The van der Waals surface area contributed by atoms with E-state index < -0.39 is 0 Å². The fourth-order valence-corrected chi connectivity index (χ4v) is 3.93. The normalized spacial score (nSPS) is 17.7. The Labute approximate surface area is 177 Å². The Morgan fingerprint density at radius 3 is 2.93 bits per heavy atom. The van der Waals surface area contributed by atoms with Crippen LogP contribution in [0.25, 0.3) is 11.4 Å². The van der Waals surface area contributed by atoms with Gasteiger partial charge in [0.1, 0.15) is 5.76 Å². The maximum absolute atomic E-state index is 5.77. The van der Waals surface area contributed by atoms with Crippen LogP contribution in [0, 0.1) is 0 Å². The Hall–Kier alpha value is -2.71. The number of hydrogen-bond donors (Lipinski definition) is 0. The highest BCUT2D eigenvalue weighted by atomic mass is 16.5. The minimum absolute atomic E-state index is 0.295. The molecule has 1 aliphatic rings. The van der Waals surface area contributed by atoms with Crippen LogP contribution in [0.5, 0.6) is 0 Å². The van der Waals surface area contributed by atoms with E-state index in [1.807, 2.05) is 37.5 Å². The van der Waals surface area contributed by atoms with E-state index in [1.165, 1.54) is 0 Å². The molecule has 160 valence electrons. The van der Waals surface area contributed by atoms with Crippen molar-refractivity contribution in [2.24, 2.45) is 0 Å². The molecular weight excluding hydrogens is 380 g/mol. The van der Waals surface area contributed by atoms with Crippen LogP contribution in [0.15, 0.2) is 47.3 Å². The van der Waals surface area contributed by atoms with Crippen molar-refractivity contribution in [1.29, 1.82) is 0 Å². The Morgan fingerprint density at radius 2 is 2.13 bits per heavy atom. The molecule has 30 heavy (non-hydrogen) atoms. The lowest BCUT2D eigenvalue weighted by Gasteiger charge is -2.23. The fraction of sp³-hybridized carbons (Fsp3) is 0.500. The van der Waals surface area contributed by atoms with E-state index in [0.717, 1.165) is 68.7 Å². The maximum atomic E-state index is 5.77. The molecule has 3 aromatic rings. The lowest BCUT2D eigenvalue weighted by Crippen LogP contribution is -2.31. The van der Waals surface area contributed by atoms with Gasteiger partial charge in [-0.2, -0.15) is 0 Å². The van der Waals surface area contributed by atoms with Crippen LogP contribution in [0.4, 0.5) is 5.95 Å². The second kappa shape index (κ2) is 9.86. The maximum Gasteiger partial charge on any atom is 0.227 e. The highest BCUT2D eigenvalue weighted by molar-refractivity contribution is 5.56. The summed E-state index contributed by atoms with van der Waals surface area (Å²) >= 11 is 0. The summed E-state index contributed by atoms with van der Waals surface area (Å²) in [6.07, 6.45) is 7.71. The van der Waals surface area contributed by atoms with Gasteiger partial charge in [0.25, 0.3) is 0 Å². The van der Waals surface area contributed by atoms with Crippen LogP contribution in [0.1, 0.15) is 25.5 Å². The lowest BCUT2D eigenvalue weighted by atomic mass is 10.2. The minimum atomic E-state index is 0.295. The first-order chi connectivity index (χ1) is 14.7.